The molecule has 0 saturated carbocycles. The van der Waals surface area contributed by atoms with E-state index in [1.165, 1.54) is 0 Å². The van der Waals surface area contributed by atoms with Gasteiger partial charge < -0.3 is 14.2 Å². The smallest absolute Gasteiger partial charge is 0.449 e. The van der Waals surface area contributed by atoms with Crippen molar-refractivity contribution < 1.29 is 23.8 Å². The van der Waals surface area contributed by atoms with Crippen LogP contribution in [0.5, 0.6) is 5.75 Å². The highest BCUT2D eigenvalue weighted by Crippen LogP contribution is 2.43. The zero-order valence-electron chi connectivity index (χ0n) is 18.0. The second kappa shape index (κ2) is 8.93. The number of hydrogen-bond donors (Lipinski definition) is 0. The number of aromatic nitrogens is 1. The normalized spacial score (nSPS) is 11.0. The molecule has 0 bridgehead atoms. The van der Waals surface area contributed by atoms with E-state index in [1.54, 1.807) is 42.7 Å². The van der Waals surface area contributed by atoms with Gasteiger partial charge in [-0.2, -0.15) is 0 Å². The highest BCUT2D eigenvalue weighted by molar-refractivity contribution is 6.32. The van der Waals surface area contributed by atoms with Gasteiger partial charge in [0.1, 0.15) is 5.75 Å². The van der Waals surface area contributed by atoms with Crippen molar-refractivity contribution in [1.82, 2.24) is 4.57 Å². The number of carbonyl (C=O) groups is 2. The molecule has 1 heterocycles. The molecule has 164 valence electrons. The molecule has 0 aliphatic heterocycles. The lowest BCUT2D eigenvalue weighted by Gasteiger charge is -2.16. The minimum atomic E-state index is -0.791. The lowest BCUT2D eigenvalue weighted by atomic mass is 9.96. The SMILES string of the molecule is CCOC(=O)Oc1cc2c3cc(Cl)ccc3n(C(=O)OCC)c2c(-c2ccccc2)c1C. The fourth-order valence-corrected chi connectivity index (χ4v) is 4.07. The van der Waals surface area contributed by atoms with Crippen molar-refractivity contribution in [3.8, 4) is 16.9 Å². The fourth-order valence-electron chi connectivity index (χ4n) is 3.90. The maximum Gasteiger partial charge on any atom is 0.513 e. The second-order valence-corrected chi connectivity index (χ2v) is 7.55. The monoisotopic (exact) mass is 451 g/mol. The lowest BCUT2D eigenvalue weighted by molar-refractivity contribution is 0.104. The van der Waals surface area contributed by atoms with Crippen molar-refractivity contribution in [1.29, 1.82) is 0 Å². The molecule has 0 radical (unpaired) electrons. The molecule has 0 atom stereocenters. The van der Waals surface area contributed by atoms with Crippen LogP contribution in [0.3, 0.4) is 0 Å². The van der Waals surface area contributed by atoms with Crippen LogP contribution in [0, 0.1) is 6.92 Å². The van der Waals surface area contributed by atoms with E-state index >= 15 is 0 Å². The van der Waals surface area contributed by atoms with Crippen LogP contribution in [0.25, 0.3) is 32.9 Å². The highest BCUT2D eigenvalue weighted by atomic mass is 35.5. The van der Waals surface area contributed by atoms with Gasteiger partial charge in [-0.1, -0.05) is 41.9 Å². The molecule has 0 aliphatic rings. The summed E-state index contributed by atoms with van der Waals surface area (Å²) in [7, 11) is 0. The number of nitrogens with zero attached hydrogens (tertiary/aromatic N) is 1. The van der Waals surface area contributed by atoms with Crippen molar-refractivity contribution in [2.24, 2.45) is 0 Å². The third kappa shape index (κ3) is 3.78. The van der Waals surface area contributed by atoms with Crippen molar-refractivity contribution in [2.75, 3.05) is 13.2 Å². The van der Waals surface area contributed by atoms with Gasteiger partial charge in [-0.05, 0) is 50.6 Å². The Morgan fingerprint density at radius 3 is 2.34 bits per heavy atom. The molecule has 3 aromatic carbocycles. The van der Waals surface area contributed by atoms with E-state index in [9.17, 15) is 9.59 Å². The van der Waals surface area contributed by atoms with E-state index in [2.05, 4.69) is 0 Å². The van der Waals surface area contributed by atoms with Crippen LogP contribution in [0.2, 0.25) is 5.02 Å². The van der Waals surface area contributed by atoms with E-state index in [-0.39, 0.29) is 13.2 Å². The maximum absolute atomic E-state index is 13.1. The molecular weight excluding hydrogens is 430 g/mol. The molecule has 4 aromatic rings. The zero-order valence-corrected chi connectivity index (χ0v) is 18.7. The van der Waals surface area contributed by atoms with E-state index in [1.807, 2.05) is 37.3 Å². The molecule has 6 nitrogen and oxygen atoms in total. The maximum atomic E-state index is 13.1. The van der Waals surface area contributed by atoms with Crippen molar-refractivity contribution in [3.63, 3.8) is 0 Å². The van der Waals surface area contributed by atoms with Crippen LogP contribution >= 0.6 is 11.6 Å². The summed E-state index contributed by atoms with van der Waals surface area (Å²) in [6, 6.07) is 16.6. The molecule has 7 heteroatoms. The Balaban J connectivity index is 2.15. The van der Waals surface area contributed by atoms with Gasteiger partial charge in [0, 0.05) is 26.9 Å². The van der Waals surface area contributed by atoms with Crippen LogP contribution in [0.4, 0.5) is 9.59 Å². The van der Waals surface area contributed by atoms with Crippen molar-refractivity contribution in [3.05, 3.63) is 65.2 Å². The number of fused-ring (bicyclic) bond motifs is 3. The Hall–Kier alpha value is -3.51. The van der Waals surface area contributed by atoms with Crippen molar-refractivity contribution >= 4 is 45.7 Å². The summed E-state index contributed by atoms with van der Waals surface area (Å²) in [6.07, 6.45) is -1.29. The van der Waals surface area contributed by atoms with Gasteiger partial charge in [0.2, 0.25) is 0 Å². The summed E-state index contributed by atoms with van der Waals surface area (Å²) in [6.45, 7) is 5.75. The number of hydrogen-bond acceptors (Lipinski definition) is 5. The first-order valence-corrected chi connectivity index (χ1v) is 10.7. The number of rotatable bonds is 4. The molecule has 0 unspecified atom stereocenters. The minimum absolute atomic E-state index is 0.198. The van der Waals surface area contributed by atoms with Crippen LogP contribution in [-0.2, 0) is 9.47 Å². The zero-order chi connectivity index (χ0) is 22.8. The lowest BCUT2D eigenvalue weighted by Crippen LogP contribution is -2.14. The quantitative estimate of drug-likeness (QED) is 0.248. The minimum Gasteiger partial charge on any atom is -0.449 e. The molecule has 0 amide bonds. The molecule has 0 saturated heterocycles. The average Bonchev–Trinajstić information content (AvgIpc) is 3.08. The van der Waals surface area contributed by atoms with Gasteiger partial charge in [-0.15, -0.1) is 0 Å². The Bertz CT molecular complexity index is 1330. The molecular formula is C25H22ClNO5. The number of ether oxygens (including phenoxy) is 3. The molecule has 0 fully saturated rings. The summed E-state index contributed by atoms with van der Waals surface area (Å²) in [5.41, 5.74) is 3.61. The summed E-state index contributed by atoms with van der Waals surface area (Å²) < 4.78 is 17.4. The molecule has 0 spiro atoms. The first-order valence-electron chi connectivity index (χ1n) is 10.3. The van der Waals surface area contributed by atoms with Gasteiger partial charge in [0.25, 0.3) is 0 Å². The van der Waals surface area contributed by atoms with E-state index in [0.29, 0.717) is 32.8 Å². The van der Waals surface area contributed by atoms with Crippen LogP contribution in [-0.4, -0.2) is 30.0 Å². The topological polar surface area (TPSA) is 66.8 Å². The Morgan fingerprint density at radius 1 is 0.938 bits per heavy atom. The van der Waals surface area contributed by atoms with Crippen LogP contribution in [0.15, 0.2) is 54.6 Å². The van der Waals surface area contributed by atoms with Gasteiger partial charge in [0.05, 0.1) is 24.2 Å². The van der Waals surface area contributed by atoms with Crippen molar-refractivity contribution in [2.45, 2.75) is 20.8 Å². The van der Waals surface area contributed by atoms with E-state index in [0.717, 1.165) is 16.5 Å². The first kappa shape index (κ1) is 21.7. The second-order valence-electron chi connectivity index (χ2n) is 7.12. The standard InChI is InChI=1S/C25H22ClNO5/c1-4-30-24(28)27-20-12-11-17(26)13-18(20)19-14-21(32-25(29)31-5-2)15(3)22(23(19)27)16-9-7-6-8-10-16/h6-14H,4-5H2,1-3H3. The van der Waals surface area contributed by atoms with E-state index < -0.39 is 12.2 Å². The Morgan fingerprint density at radius 2 is 1.66 bits per heavy atom. The van der Waals surface area contributed by atoms with Gasteiger partial charge in [-0.25, -0.2) is 14.2 Å². The molecule has 0 N–H and O–H groups in total. The summed E-state index contributed by atoms with van der Waals surface area (Å²) in [4.78, 5) is 25.2. The van der Waals surface area contributed by atoms with Gasteiger partial charge >= 0.3 is 12.2 Å². The van der Waals surface area contributed by atoms with Gasteiger partial charge in [-0.3, -0.25) is 0 Å². The fraction of sp³-hybridized carbons (Fsp3) is 0.200. The summed E-state index contributed by atoms with van der Waals surface area (Å²) in [5, 5.41) is 1.97. The van der Waals surface area contributed by atoms with Crippen LogP contribution in [0.1, 0.15) is 19.4 Å². The van der Waals surface area contributed by atoms with Crippen LogP contribution < -0.4 is 4.74 Å². The third-order valence-corrected chi connectivity index (χ3v) is 5.43. The molecule has 32 heavy (non-hydrogen) atoms. The summed E-state index contributed by atoms with van der Waals surface area (Å²) >= 11 is 6.29. The van der Waals surface area contributed by atoms with Gasteiger partial charge in [0.15, 0.2) is 0 Å². The Kier molecular flexibility index (Phi) is 6.06. The predicted molar refractivity (Wildman–Crippen MR) is 125 cm³/mol. The third-order valence-electron chi connectivity index (χ3n) is 5.19. The number of benzene rings is 3. The molecule has 4 rings (SSSR count). The largest absolute Gasteiger partial charge is 0.513 e. The first-order chi connectivity index (χ1) is 15.5. The predicted octanol–water partition coefficient (Wildman–Crippen LogP) is 6.96. The molecule has 0 aliphatic carbocycles. The molecule has 1 aromatic heterocycles. The number of halogens is 1. The summed E-state index contributed by atoms with van der Waals surface area (Å²) in [5.74, 6) is 0.345. The van der Waals surface area contributed by atoms with E-state index in [4.69, 9.17) is 25.8 Å². The number of carbonyl (C=O) groups excluding carboxylic acids is 2. The Labute approximate surface area is 190 Å². The highest BCUT2D eigenvalue weighted by Gasteiger charge is 2.25. The average molecular weight is 452 g/mol.